The van der Waals surface area contributed by atoms with E-state index in [1.54, 1.807) is 6.07 Å². The van der Waals surface area contributed by atoms with Crippen LogP contribution < -0.4 is 5.32 Å². The van der Waals surface area contributed by atoms with E-state index in [-0.39, 0.29) is 11.9 Å². The van der Waals surface area contributed by atoms with Crippen molar-refractivity contribution in [3.05, 3.63) is 53.5 Å². The quantitative estimate of drug-likeness (QED) is 0.789. The van der Waals surface area contributed by atoms with Gasteiger partial charge in [0.1, 0.15) is 17.3 Å². The zero-order valence-electron chi connectivity index (χ0n) is 16.4. The van der Waals surface area contributed by atoms with Gasteiger partial charge in [0.15, 0.2) is 0 Å². The van der Waals surface area contributed by atoms with Gasteiger partial charge in [0.2, 0.25) is 0 Å². The van der Waals surface area contributed by atoms with Crippen LogP contribution >= 0.6 is 0 Å². The minimum absolute atomic E-state index is 0.0723. The Balaban J connectivity index is 2.18. The van der Waals surface area contributed by atoms with Crippen LogP contribution in [0.4, 0.5) is 5.82 Å². The summed E-state index contributed by atoms with van der Waals surface area (Å²) in [6, 6.07) is 11.8. The van der Waals surface area contributed by atoms with Gasteiger partial charge in [0.05, 0.1) is 0 Å². The molecule has 6 heteroatoms. The molecule has 0 saturated heterocycles. The lowest BCUT2D eigenvalue weighted by Crippen LogP contribution is -2.37. The topological polar surface area (TPSA) is 61.4 Å². The van der Waals surface area contributed by atoms with Crippen LogP contribution in [-0.4, -0.2) is 58.9 Å². The van der Waals surface area contributed by atoms with E-state index in [1.165, 1.54) is 0 Å². The number of carbonyl (C=O) groups is 1. The molecule has 0 aliphatic heterocycles. The second-order valence-electron chi connectivity index (χ2n) is 6.93. The number of nitrogens with one attached hydrogen (secondary N) is 1. The molecule has 2 rings (SSSR count). The summed E-state index contributed by atoms with van der Waals surface area (Å²) in [6.07, 6.45) is 0. The largest absolute Gasteiger partial charge is 0.369 e. The minimum Gasteiger partial charge on any atom is -0.369 e. The number of hydrogen-bond donors (Lipinski definition) is 1. The Kier molecular flexibility index (Phi) is 7.09. The molecular formula is C20H29N5O. The van der Waals surface area contributed by atoms with Crippen LogP contribution in [0.3, 0.4) is 0 Å². The molecule has 1 aromatic carbocycles. The maximum Gasteiger partial charge on any atom is 0.273 e. The summed E-state index contributed by atoms with van der Waals surface area (Å²) in [5, 5.41) is 3.27. The van der Waals surface area contributed by atoms with Crippen LogP contribution in [0.2, 0.25) is 0 Å². The van der Waals surface area contributed by atoms with Gasteiger partial charge in [-0.2, -0.15) is 0 Å². The van der Waals surface area contributed by atoms with Gasteiger partial charge in [-0.3, -0.25) is 4.79 Å². The first-order valence-corrected chi connectivity index (χ1v) is 8.96. The third kappa shape index (κ3) is 5.81. The number of anilines is 1. The number of amides is 1. The fraction of sp³-hybridized carbons (Fsp3) is 0.450. The molecule has 0 aliphatic carbocycles. The average molecular weight is 355 g/mol. The lowest BCUT2D eigenvalue weighted by molar-refractivity contribution is 0.0684. The first-order valence-electron chi connectivity index (χ1n) is 8.96. The highest BCUT2D eigenvalue weighted by molar-refractivity contribution is 5.93. The first kappa shape index (κ1) is 19.8. The van der Waals surface area contributed by atoms with Gasteiger partial charge in [-0.1, -0.05) is 30.3 Å². The average Bonchev–Trinajstić information content (AvgIpc) is 2.59. The van der Waals surface area contributed by atoms with E-state index in [0.29, 0.717) is 23.9 Å². The van der Waals surface area contributed by atoms with Gasteiger partial charge in [-0.25, -0.2) is 9.97 Å². The summed E-state index contributed by atoms with van der Waals surface area (Å²) in [5.41, 5.74) is 1.53. The minimum atomic E-state index is -0.0787. The van der Waals surface area contributed by atoms with Crippen molar-refractivity contribution in [1.82, 2.24) is 19.8 Å². The fourth-order valence-corrected chi connectivity index (χ4v) is 2.59. The molecule has 0 radical (unpaired) electrons. The van der Waals surface area contributed by atoms with Gasteiger partial charge in [0, 0.05) is 31.7 Å². The van der Waals surface area contributed by atoms with E-state index in [0.717, 1.165) is 18.7 Å². The molecule has 6 nitrogen and oxygen atoms in total. The van der Waals surface area contributed by atoms with Gasteiger partial charge < -0.3 is 15.1 Å². The van der Waals surface area contributed by atoms with E-state index in [1.807, 2.05) is 70.1 Å². The molecule has 0 unspecified atom stereocenters. The molecule has 1 amide bonds. The molecule has 1 aromatic heterocycles. The Morgan fingerprint density at radius 1 is 1.15 bits per heavy atom. The van der Waals surface area contributed by atoms with Crippen molar-refractivity contribution in [2.24, 2.45) is 0 Å². The molecule has 0 aliphatic rings. The summed E-state index contributed by atoms with van der Waals surface area (Å²) in [7, 11) is 4.04. The predicted molar refractivity (Wildman–Crippen MR) is 105 cm³/mol. The maximum absolute atomic E-state index is 13.1. The zero-order chi connectivity index (χ0) is 19.1. The molecular weight excluding hydrogens is 326 g/mol. The number of nitrogens with zero attached hydrogens (tertiary/aromatic N) is 4. The molecule has 1 heterocycles. The normalized spacial score (nSPS) is 11.0. The van der Waals surface area contributed by atoms with Gasteiger partial charge in [-0.05, 0) is 40.4 Å². The number of likely N-dealkylation sites (N-methyl/N-ethyl adjacent to an activating group) is 1. The molecule has 0 fully saturated rings. The third-order valence-corrected chi connectivity index (χ3v) is 4.00. The van der Waals surface area contributed by atoms with E-state index < -0.39 is 0 Å². The number of benzene rings is 1. The summed E-state index contributed by atoms with van der Waals surface area (Å²) >= 11 is 0. The van der Waals surface area contributed by atoms with Crippen molar-refractivity contribution in [2.75, 3.05) is 32.5 Å². The summed E-state index contributed by atoms with van der Waals surface area (Å²) < 4.78 is 0. The van der Waals surface area contributed by atoms with Crippen LogP contribution in [0.25, 0.3) is 0 Å². The monoisotopic (exact) mass is 355 g/mol. The van der Waals surface area contributed by atoms with Crippen LogP contribution in [-0.2, 0) is 6.54 Å². The fourth-order valence-electron chi connectivity index (χ4n) is 2.59. The van der Waals surface area contributed by atoms with Crippen molar-refractivity contribution < 1.29 is 4.79 Å². The van der Waals surface area contributed by atoms with Crippen LogP contribution in [0, 0.1) is 6.92 Å². The standard InChI is InChI=1S/C20H29N5O/c1-15(2)25(14-17-9-7-6-8-10-17)20(26)18-13-19(23-16(3)22-18)21-11-12-24(4)5/h6-10,13,15H,11-12,14H2,1-5H3,(H,21,22,23). The second-order valence-corrected chi connectivity index (χ2v) is 6.93. The molecule has 26 heavy (non-hydrogen) atoms. The smallest absolute Gasteiger partial charge is 0.273 e. The summed E-state index contributed by atoms with van der Waals surface area (Å²) in [5.74, 6) is 1.20. The highest BCUT2D eigenvalue weighted by Gasteiger charge is 2.21. The van der Waals surface area contributed by atoms with Crippen molar-refractivity contribution in [2.45, 2.75) is 33.4 Å². The van der Waals surface area contributed by atoms with Crippen molar-refractivity contribution in [1.29, 1.82) is 0 Å². The van der Waals surface area contributed by atoms with E-state index in [4.69, 9.17) is 0 Å². The molecule has 0 saturated carbocycles. The van der Waals surface area contributed by atoms with Crippen molar-refractivity contribution in [3.8, 4) is 0 Å². The predicted octanol–water partition coefficient (Wildman–Crippen LogP) is 2.81. The van der Waals surface area contributed by atoms with E-state index >= 15 is 0 Å². The van der Waals surface area contributed by atoms with E-state index in [2.05, 4.69) is 20.2 Å². The Hall–Kier alpha value is -2.47. The Morgan fingerprint density at radius 2 is 1.85 bits per heavy atom. The number of aromatic nitrogens is 2. The SMILES string of the molecule is Cc1nc(NCCN(C)C)cc(C(=O)N(Cc2ccccc2)C(C)C)n1. The summed E-state index contributed by atoms with van der Waals surface area (Å²) in [6.45, 7) is 8.05. The summed E-state index contributed by atoms with van der Waals surface area (Å²) in [4.78, 5) is 25.8. The highest BCUT2D eigenvalue weighted by atomic mass is 16.2. The molecule has 0 bridgehead atoms. The lowest BCUT2D eigenvalue weighted by atomic mass is 10.1. The number of aryl methyl sites for hydroxylation is 1. The molecule has 0 spiro atoms. The molecule has 0 atom stereocenters. The maximum atomic E-state index is 13.1. The van der Waals surface area contributed by atoms with Crippen molar-refractivity contribution >= 4 is 11.7 Å². The van der Waals surface area contributed by atoms with Crippen LogP contribution in [0.5, 0.6) is 0 Å². The number of carbonyl (C=O) groups excluding carboxylic acids is 1. The van der Waals surface area contributed by atoms with Gasteiger partial charge >= 0.3 is 0 Å². The third-order valence-electron chi connectivity index (χ3n) is 4.00. The molecule has 2 aromatic rings. The molecule has 1 N–H and O–H groups in total. The number of hydrogen-bond acceptors (Lipinski definition) is 5. The van der Waals surface area contributed by atoms with Gasteiger partial charge in [-0.15, -0.1) is 0 Å². The van der Waals surface area contributed by atoms with Gasteiger partial charge in [0.25, 0.3) is 5.91 Å². The van der Waals surface area contributed by atoms with Crippen molar-refractivity contribution in [3.63, 3.8) is 0 Å². The second kappa shape index (κ2) is 9.29. The van der Waals surface area contributed by atoms with Crippen LogP contribution in [0.15, 0.2) is 36.4 Å². The van der Waals surface area contributed by atoms with Crippen LogP contribution in [0.1, 0.15) is 35.7 Å². The van der Waals surface area contributed by atoms with E-state index in [9.17, 15) is 4.79 Å². The number of rotatable bonds is 8. The lowest BCUT2D eigenvalue weighted by Gasteiger charge is -2.27. The Bertz CT molecular complexity index is 715. The Morgan fingerprint density at radius 3 is 2.46 bits per heavy atom. The highest BCUT2D eigenvalue weighted by Crippen LogP contribution is 2.14. The Labute approximate surface area is 156 Å². The first-order chi connectivity index (χ1) is 12.4. The molecule has 140 valence electrons. The zero-order valence-corrected chi connectivity index (χ0v) is 16.4.